The molecule has 0 saturated heterocycles. The third kappa shape index (κ3) is 4.97. The first kappa shape index (κ1) is 17.3. The van der Waals surface area contributed by atoms with Gasteiger partial charge in [-0.15, -0.1) is 0 Å². The van der Waals surface area contributed by atoms with Crippen LogP contribution in [-0.2, 0) is 29.0 Å². The van der Waals surface area contributed by atoms with Crippen molar-refractivity contribution in [2.45, 2.75) is 59.2 Å². The number of aromatic nitrogens is 2. The summed E-state index contributed by atoms with van der Waals surface area (Å²) >= 11 is 0. The number of fused-ring (bicyclic) bond motifs is 1. The number of ether oxygens (including phenoxy) is 1. The second-order valence-electron chi connectivity index (χ2n) is 6.80. The second-order valence-corrected chi connectivity index (χ2v) is 6.80. The summed E-state index contributed by atoms with van der Waals surface area (Å²) in [5, 5.41) is 7.27. The van der Waals surface area contributed by atoms with Crippen molar-refractivity contribution < 1.29 is 14.3 Å². The number of amides is 2. The Morgan fingerprint density at radius 3 is 2.78 bits per heavy atom. The van der Waals surface area contributed by atoms with Crippen molar-refractivity contribution in [3.05, 3.63) is 17.5 Å². The third-order valence-corrected chi connectivity index (χ3v) is 3.43. The van der Waals surface area contributed by atoms with E-state index in [9.17, 15) is 9.59 Å². The van der Waals surface area contributed by atoms with Crippen LogP contribution in [0.15, 0.2) is 6.20 Å². The van der Waals surface area contributed by atoms with Crippen LogP contribution >= 0.6 is 0 Å². The van der Waals surface area contributed by atoms with Crippen molar-refractivity contribution >= 4 is 12.0 Å². The molecule has 0 unspecified atom stereocenters. The Balaban J connectivity index is 1.96. The van der Waals surface area contributed by atoms with E-state index in [-0.39, 0.29) is 18.5 Å². The SMILES string of the molecule is CCCNC(=O)Cn1cc2c(n1)CCN(C(=O)OC(C)(C)C)C2. The predicted molar refractivity (Wildman–Crippen MR) is 85.9 cm³/mol. The van der Waals surface area contributed by atoms with Gasteiger partial charge in [-0.2, -0.15) is 5.10 Å². The van der Waals surface area contributed by atoms with E-state index in [2.05, 4.69) is 10.4 Å². The molecular formula is C16H26N4O3. The molecule has 1 N–H and O–H groups in total. The van der Waals surface area contributed by atoms with Crippen molar-refractivity contribution in [1.82, 2.24) is 20.0 Å². The number of rotatable bonds is 4. The van der Waals surface area contributed by atoms with E-state index in [0.717, 1.165) is 17.7 Å². The van der Waals surface area contributed by atoms with Gasteiger partial charge >= 0.3 is 6.09 Å². The fourth-order valence-electron chi connectivity index (χ4n) is 2.40. The van der Waals surface area contributed by atoms with Crippen LogP contribution < -0.4 is 5.32 Å². The molecule has 0 radical (unpaired) electrons. The first-order valence-electron chi connectivity index (χ1n) is 8.08. The van der Waals surface area contributed by atoms with E-state index in [1.54, 1.807) is 9.58 Å². The van der Waals surface area contributed by atoms with Gasteiger partial charge in [-0.05, 0) is 27.2 Å². The van der Waals surface area contributed by atoms with E-state index in [1.807, 2.05) is 33.9 Å². The van der Waals surface area contributed by atoms with Crippen molar-refractivity contribution in [2.75, 3.05) is 13.1 Å². The second kappa shape index (κ2) is 7.02. The molecule has 0 aliphatic carbocycles. The Morgan fingerprint density at radius 2 is 2.13 bits per heavy atom. The first-order chi connectivity index (χ1) is 10.8. The average molecular weight is 322 g/mol. The Bertz CT molecular complexity index is 574. The Kier molecular flexibility index (Phi) is 5.28. The van der Waals surface area contributed by atoms with Gasteiger partial charge in [-0.1, -0.05) is 6.92 Å². The van der Waals surface area contributed by atoms with Crippen LogP contribution in [0.4, 0.5) is 4.79 Å². The molecule has 2 amide bonds. The van der Waals surface area contributed by atoms with Crippen LogP contribution in [0.2, 0.25) is 0 Å². The van der Waals surface area contributed by atoms with Gasteiger partial charge in [-0.3, -0.25) is 9.48 Å². The summed E-state index contributed by atoms with van der Waals surface area (Å²) in [5.74, 6) is -0.0457. The summed E-state index contributed by atoms with van der Waals surface area (Å²) in [6.07, 6.45) is 3.12. The maximum atomic E-state index is 12.1. The molecule has 1 aliphatic heterocycles. The lowest BCUT2D eigenvalue weighted by molar-refractivity contribution is -0.121. The van der Waals surface area contributed by atoms with Crippen LogP contribution in [0.1, 0.15) is 45.4 Å². The maximum Gasteiger partial charge on any atom is 0.410 e. The summed E-state index contributed by atoms with van der Waals surface area (Å²) in [6, 6.07) is 0. The van der Waals surface area contributed by atoms with Crippen LogP contribution in [0.25, 0.3) is 0 Å². The number of carbonyl (C=O) groups excluding carboxylic acids is 2. The van der Waals surface area contributed by atoms with E-state index in [4.69, 9.17) is 4.74 Å². The molecule has 0 aromatic carbocycles. The molecule has 23 heavy (non-hydrogen) atoms. The van der Waals surface area contributed by atoms with Gasteiger partial charge in [0.15, 0.2) is 0 Å². The molecule has 128 valence electrons. The predicted octanol–water partition coefficient (Wildman–Crippen LogP) is 1.70. The minimum Gasteiger partial charge on any atom is -0.444 e. The van der Waals surface area contributed by atoms with E-state index in [0.29, 0.717) is 26.1 Å². The zero-order valence-electron chi connectivity index (χ0n) is 14.4. The highest BCUT2D eigenvalue weighted by Crippen LogP contribution is 2.20. The maximum absolute atomic E-state index is 12.1. The third-order valence-electron chi connectivity index (χ3n) is 3.43. The van der Waals surface area contributed by atoms with Crippen molar-refractivity contribution in [1.29, 1.82) is 0 Å². The molecule has 0 spiro atoms. The molecule has 2 rings (SSSR count). The molecular weight excluding hydrogens is 296 g/mol. The number of nitrogens with one attached hydrogen (secondary N) is 1. The lowest BCUT2D eigenvalue weighted by atomic mass is 10.1. The van der Waals surface area contributed by atoms with Gasteiger partial charge in [0, 0.05) is 31.3 Å². The summed E-state index contributed by atoms with van der Waals surface area (Å²) in [5.41, 5.74) is 1.43. The quantitative estimate of drug-likeness (QED) is 0.915. The van der Waals surface area contributed by atoms with Crippen LogP contribution in [0, 0.1) is 0 Å². The minimum absolute atomic E-state index is 0.0457. The van der Waals surface area contributed by atoms with Crippen molar-refractivity contribution in [3.8, 4) is 0 Å². The molecule has 0 atom stereocenters. The van der Waals surface area contributed by atoms with Gasteiger partial charge in [0.05, 0.1) is 12.2 Å². The molecule has 7 nitrogen and oxygen atoms in total. The number of carbonyl (C=O) groups is 2. The fraction of sp³-hybridized carbons (Fsp3) is 0.688. The van der Waals surface area contributed by atoms with Gasteiger partial charge in [0.2, 0.25) is 5.91 Å². The molecule has 7 heteroatoms. The summed E-state index contributed by atoms with van der Waals surface area (Å²) in [6.45, 7) is 9.51. The van der Waals surface area contributed by atoms with Crippen LogP contribution in [-0.4, -0.2) is 45.4 Å². The zero-order chi connectivity index (χ0) is 17.0. The van der Waals surface area contributed by atoms with Gasteiger partial charge in [0.25, 0.3) is 0 Å². The van der Waals surface area contributed by atoms with Gasteiger partial charge < -0.3 is 15.0 Å². The summed E-state index contributed by atoms with van der Waals surface area (Å²) in [7, 11) is 0. The highest BCUT2D eigenvalue weighted by Gasteiger charge is 2.27. The van der Waals surface area contributed by atoms with Crippen molar-refractivity contribution in [2.24, 2.45) is 0 Å². The topological polar surface area (TPSA) is 76.5 Å². The first-order valence-corrected chi connectivity index (χ1v) is 8.08. The summed E-state index contributed by atoms with van der Waals surface area (Å²) < 4.78 is 7.05. The average Bonchev–Trinajstić information content (AvgIpc) is 2.84. The molecule has 1 aromatic heterocycles. The zero-order valence-corrected chi connectivity index (χ0v) is 14.4. The number of hydrogen-bond donors (Lipinski definition) is 1. The van der Waals surface area contributed by atoms with Crippen LogP contribution in [0.3, 0.4) is 0 Å². The summed E-state index contributed by atoms with van der Waals surface area (Å²) in [4.78, 5) is 25.6. The van der Waals surface area contributed by atoms with E-state index >= 15 is 0 Å². The molecule has 0 bridgehead atoms. The number of nitrogens with zero attached hydrogens (tertiary/aromatic N) is 3. The smallest absolute Gasteiger partial charge is 0.410 e. The Labute approximate surface area is 137 Å². The monoisotopic (exact) mass is 322 g/mol. The molecule has 0 saturated carbocycles. The fourth-order valence-corrected chi connectivity index (χ4v) is 2.40. The Hall–Kier alpha value is -2.05. The van der Waals surface area contributed by atoms with E-state index in [1.165, 1.54) is 0 Å². The lowest BCUT2D eigenvalue weighted by Gasteiger charge is -2.29. The molecule has 0 fully saturated rings. The standard InChI is InChI=1S/C16H26N4O3/c1-5-7-17-14(21)11-20-10-12-9-19(8-6-13(12)18-20)15(22)23-16(2,3)4/h10H,5-9,11H2,1-4H3,(H,17,21). The molecule has 1 aliphatic rings. The Morgan fingerprint density at radius 1 is 1.39 bits per heavy atom. The van der Waals surface area contributed by atoms with Crippen molar-refractivity contribution in [3.63, 3.8) is 0 Å². The van der Waals surface area contributed by atoms with Crippen LogP contribution in [0.5, 0.6) is 0 Å². The largest absolute Gasteiger partial charge is 0.444 e. The van der Waals surface area contributed by atoms with Gasteiger partial charge in [-0.25, -0.2) is 4.79 Å². The number of hydrogen-bond acceptors (Lipinski definition) is 4. The normalized spacial score (nSPS) is 14.3. The minimum atomic E-state index is -0.501. The lowest BCUT2D eigenvalue weighted by Crippen LogP contribution is -2.39. The highest BCUT2D eigenvalue weighted by molar-refractivity contribution is 5.75. The molecule has 2 heterocycles. The van der Waals surface area contributed by atoms with E-state index < -0.39 is 5.60 Å². The molecule has 1 aromatic rings. The highest BCUT2D eigenvalue weighted by atomic mass is 16.6. The van der Waals surface area contributed by atoms with Gasteiger partial charge in [0.1, 0.15) is 12.1 Å².